The number of ether oxygens (including phenoxy) is 1. The minimum Gasteiger partial charge on any atom is -0.465 e. The SMILES string of the molecule is COC(=O)c1cc(C#N)c(I)cc1F. The molecule has 0 aliphatic heterocycles. The van der Waals surface area contributed by atoms with E-state index in [1.807, 2.05) is 28.7 Å². The van der Waals surface area contributed by atoms with Crippen LogP contribution in [0.1, 0.15) is 15.9 Å². The molecule has 0 radical (unpaired) electrons. The summed E-state index contributed by atoms with van der Waals surface area (Å²) < 4.78 is 18.0. The maximum Gasteiger partial charge on any atom is 0.340 e. The van der Waals surface area contributed by atoms with Gasteiger partial charge in [-0.3, -0.25) is 0 Å². The van der Waals surface area contributed by atoms with Crippen LogP contribution in [-0.4, -0.2) is 13.1 Å². The molecule has 0 unspecified atom stereocenters. The first-order valence-corrected chi connectivity index (χ1v) is 4.65. The number of carbonyl (C=O) groups excluding carboxylic acids is 1. The number of hydrogen-bond donors (Lipinski definition) is 0. The molecule has 0 N–H and O–H groups in total. The van der Waals surface area contributed by atoms with Crippen molar-refractivity contribution in [3.8, 4) is 6.07 Å². The quantitative estimate of drug-likeness (QED) is 0.590. The molecule has 3 nitrogen and oxygen atoms in total. The van der Waals surface area contributed by atoms with Crippen molar-refractivity contribution < 1.29 is 13.9 Å². The smallest absolute Gasteiger partial charge is 0.340 e. The molecule has 14 heavy (non-hydrogen) atoms. The fraction of sp³-hybridized carbons (Fsp3) is 0.111. The second-order valence-electron chi connectivity index (χ2n) is 2.42. The number of esters is 1. The van der Waals surface area contributed by atoms with Gasteiger partial charge in [0.1, 0.15) is 11.9 Å². The van der Waals surface area contributed by atoms with E-state index in [4.69, 9.17) is 5.26 Å². The Labute approximate surface area is 93.6 Å². The van der Waals surface area contributed by atoms with E-state index in [-0.39, 0.29) is 11.1 Å². The molecule has 5 heteroatoms. The second kappa shape index (κ2) is 4.37. The van der Waals surface area contributed by atoms with Gasteiger partial charge in [-0.25, -0.2) is 9.18 Å². The van der Waals surface area contributed by atoms with Gasteiger partial charge in [0.2, 0.25) is 0 Å². The molecule has 0 fully saturated rings. The average Bonchev–Trinajstić information content (AvgIpc) is 2.17. The Morgan fingerprint density at radius 1 is 1.64 bits per heavy atom. The van der Waals surface area contributed by atoms with Crippen molar-refractivity contribution in [3.63, 3.8) is 0 Å². The van der Waals surface area contributed by atoms with E-state index >= 15 is 0 Å². The molecule has 72 valence electrons. The first kappa shape index (κ1) is 10.9. The van der Waals surface area contributed by atoms with Crippen LogP contribution in [0.5, 0.6) is 0 Å². The Bertz CT molecular complexity index is 426. The number of nitrogens with zero attached hydrogens (tertiary/aromatic N) is 1. The topological polar surface area (TPSA) is 50.1 Å². The van der Waals surface area contributed by atoms with Crippen molar-refractivity contribution >= 4 is 28.6 Å². The van der Waals surface area contributed by atoms with Crippen molar-refractivity contribution in [2.45, 2.75) is 0 Å². The third-order valence-corrected chi connectivity index (χ3v) is 2.47. The Hall–Kier alpha value is -1.16. The van der Waals surface area contributed by atoms with Crippen molar-refractivity contribution in [2.75, 3.05) is 7.11 Å². The summed E-state index contributed by atoms with van der Waals surface area (Å²) in [6, 6.07) is 4.17. The molecule has 1 aromatic carbocycles. The zero-order valence-electron chi connectivity index (χ0n) is 7.17. The summed E-state index contributed by atoms with van der Waals surface area (Å²) in [7, 11) is 1.16. The van der Waals surface area contributed by atoms with Crippen LogP contribution in [0.15, 0.2) is 12.1 Å². The van der Waals surface area contributed by atoms with Gasteiger partial charge in [0, 0.05) is 3.57 Å². The maximum absolute atomic E-state index is 13.2. The summed E-state index contributed by atoms with van der Waals surface area (Å²) >= 11 is 1.82. The van der Waals surface area contributed by atoms with Crippen LogP contribution >= 0.6 is 22.6 Å². The first-order valence-electron chi connectivity index (χ1n) is 3.57. The van der Waals surface area contributed by atoms with E-state index in [1.54, 1.807) is 0 Å². The van der Waals surface area contributed by atoms with Gasteiger partial charge in [0.05, 0.1) is 18.2 Å². The van der Waals surface area contributed by atoms with Crippen LogP contribution in [0.4, 0.5) is 4.39 Å². The number of methoxy groups -OCH3 is 1. The third-order valence-electron chi connectivity index (χ3n) is 1.58. The van der Waals surface area contributed by atoms with Gasteiger partial charge < -0.3 is 4.74 Å². The van der Waals surface area contributed by atoms with Gasteiger partial charge in [-0.2, -0.15) is 5.26 Å². The van der Waals surface area contributed by atoms with Gasteiger partial charge in [-0.15, -0.1) is 0 Å². The molecule has 0 heterocycles. The highest BCUT2D eigenvalue weighted by Crippen LogP contribution is 2.17. The normalized spacial score (nSPS) is 9.29. The highest BCUT2D eigenvalue weighted by molar-refractivity contribution is 14.1. The average molecular weight is 305 g/mol. The van der Waals surface area contributed by atoms with Crippen LogP contribution in [0.2, 0.25) is 0 Å². The third kappa shape index (κ3) is 2.01. The van der Waals surface area contributed by atoms with Crippen molar-refractivity contribution in [1.29, 1.82) is 5.26 Å². The minimum absolute atomic E-state index is 0.218. The molecule has 0 aliphatic carbocycles. The summed E-state index contributed by atoms with van der Waals surface area (Å²) in [5.41, 5.74) is 0.0388. The van der Waals surface area contributed by atoms with Crippen molar-refractivity contribution in [3.05, 3.63) is 32.6 Å². The fourth-order valence-electron chi connectivity index (χ4n) is 0.901. The van der Waals surface area contributed by atoms with E-state index in [0.717, 1.165) is 13.2 Å². The maximum atomic E-state index is 13.2. The van der Waals surface area contributed by atoms with Gasteiger partial charge >= 0.3 is 5.97 Å². The van der Waals surface area contributed by atoms with Gasteiger partial charge in [-0.1, -0.05) is 0 Å². The fourth-order valence-corrected chi connectivity index (χ4v) is 1.45. The molecule has 1 aromatic rings. The Balaban J connectivity index is 3.33. The minimum atomic E-state index is -0.782. The molecule has 0 bridgehead atoms. The van der Waals surface area contributed by atoms with Crippen LogP contribution in [0.25, 0.3) is 0 Å². The van der Waals surface area contributed by atoms with Gasteiger partial charge in [0.15, 0.2) is 0 Å². The molecule has 1 rings (SSSR count). The zero-order chi connectivity index (χ0) is 10.7. The molecule has 0 atom stereocenters. The van der Waals surface area contributed by atoms with Crippen molar-refractivity contribution in [1.82, 2.24) is 0 Å². The van der Waals surface area contributed by atoms with Gasteiger partial charge in [-0.05, 0) is 34.7 Å². The number of halogens is 2. The van der Waals surface area contributed by atoms with E-state index in [2.05, 4.69) is 4.74 Å². The number of benzene rings is 1. The lowest BCUT2D eigenvalue weighted by molar-refractivity contribution is 0.0595. The standard InChI is InChI=1S/C9H5FINO2/c1-14-9(13)6-2-5(4-12)8(11)3-7(6)10/h2-3H,1H3. The van der Waals surface area contributed by atoms with Gasteiger partial charge in [0.25, 0.3) is 0 Å². The van der Waals surface area contributed by atoms with Crippen LogP contribution in [0, 0.1) is 20.7 Å². The zero-order valence-corrected chi connectivity index (χ0v) is 9.33. The van der Waals surface area contributed by atoms with E-state index in [9.17, 15) is 9.18 Å². The van der Waals surface area contributed by atoms with E-state index in [0.29, 0.717) is 3.57 Å². The summed E-state index contributed by atoms with van der Waals surface area (Å²) in [5.74, 6) is -1.46. The molecular weight excluding hydrogens is 300 g/mol. The summed E-state index contributed by atoms with van der Waals surface area (Å²) in [4.78, 5) is 11.0. The van der Waals surface area contributed by atoms with Crippen molar-refractivity contribution in [2.24, 2.45) is 0 Å². The molecule has 0 amide bonds. The molecule has 0 aliphatic rings. The highest BCUT2D eigenvalue weighted by atomic mass is 127. The molecule has 0 spiro atoms. The Morgan fingerprint density at radius 2 is 2.29 bits per heavy atom. The predicted molar refractivity (Wildman–Crippen MR) is 55.2 cm³/mol. The Kier molecular flexibility index (Phi) is 3.41. The lowest BCUT2D eigenvalue weighted by Gasteiger charge is -2.02. The van der Waals surface area contributed by atoms with E-state index in [1.165, 1.54) is 6.07 Å². The summed E-state index contributed by atoms with van der Waals surface area (Å²) in [6.45, 7) is 0. The number of rotatable bonds is 1. The lowest BCUT2D eigenvalue weighted by atomic mass is 10.1. The monoisotopic (exact) mass is 305 g/mol. The Morgan fingerprint density at radius 3 is 2.79 bits per heavy atom. The van der Waals surface area contributed by atoms with Crippen LogP contribution in [-0.2, 0) is 4.74 Å². The first-order chi connectivity index (χ1) is 6.60. The molecule has 0 saturated heterocycles. The summed E-state index contributed by atoms with van der Waals surface area (Å²) in [6.07, 6.45) is 0. The largest absolute Gasteiger partial charge is 0.465 e. The molecule has 0 saturated carbocycles. The molecule has 0 aromatic heterocycles. The summed E-state index contributed by atoms with van der Waals surface area (Å²) in [5, 5.41) is 8.66. The van der Waals surface area contributed by atoms with Crippen LogP contribution < -0.4 is 0 Å². The molecular formula is C9H5FINO2. The van der Waals surface area contributed by atoms with E-state index < -0.39 is 11.8 Å². The highest BCUT2D eigenvalue weighted by Gasteiger charge is 2.14. The lowest BCUT2D eigenvalue weighted by Crippen LogP contribution is -2.05. The second-order valence-corrected chi connectivity index (χ2v) is 3.58. The van der Waals surface area contributed by atoms with Crippen LogP contribution in [0.3, 0.4) is 0 Å². The number of nitriles is 1. The number of carbonyl (C=O) groups is 1. The number of hydrogen-bond acceptors (Lipinski definition) is 3. The predicted octanol–water partition coefficient (Wildman–Crippen LogP) is 2.09.